The smallest absolute Gasteiger partial charge is 0.254 e. The number of nitrogens with zero attached hydrogens (tertiary/aromatic N) is 1. The average molecular weight is 345 g/mol. The maximum Gasteiger partial charge on any atom is 0.254 e. The largest absolute Gasteiger partial charge is 0.334 e. The number of rotatable bonds is 3. The van der Waals surface area contributed by atoms with Crippen LogP contribution in [0.4, 0.5) is 5.69 Å². The van der Waals surface area contributed by atoms with E-state index < -0.39 is 10.0 Å². The quantitative estimate of drug-likeness (QED) is 0.849. The molecule has 7 nitrogen and oxygen atoms in total. The van der Waals surface area contributed by atoms with Gasteiger partial charge in [-0.25, -0.2) is 13.6 Å². The van der Waals surface area contributed by atoms with Crippen molar-refractivity contribution in [2.45, 2.75) is 11.3 Å². The van der Waals surface area contributed by atoms with Gasteiger partial charge in [-0.1, -0.05) is 24.3 Å². The molecule has 8 heteroatoms. The first-order valence-corrected chi connectivity index (χ1v) is 8.70. The second kappa shape index (κ2) is 6.06. The summed E-state index contributed by atoms with van der Waals surface area (Å²) in [6.45, 7) is 0.0730. The molecule has 3 N–H and O–H groups in total. The summed E-state index contributed by atoms with van der Waals surface area (Å²) < 4.78 is 22.8. The number of hydrogen-bond donors (Lipinski definition) is 2. The summed E-state index contributed by atoms with van der Waals surface area (Å²) in [5.41, 5.74) is 1.49. The normalized spacial score (nSPS) is 14.0. The first-order valence-electron chi connectivity index (χ1n) is 7.15. The first kappa shape index (κ1) is 16.2. The molecule has 0 saturated carbocycles. The highest BCUT2D eigenvalue weighted by Gasteiger charge is 2.26. The van der Waals surface area contributed by atoms with Gasteiger partial charge in [0.15, 0.2) is 0 Å². The van der Waals surface area contributed by atoms with Gasteiger partial charge in [0.25, 0.3) is 5.91 Å². The third kappa shape index (κ3) is 3.15. The number of anilines is 1. The molecule has 1 heterocycles. The van der Waals surface area contributed by atoms with Gasteiger partial charge >= 0.3 is 0 Å². The fourth-order valence-electron chi connectivity index (χ4n) is 2.56. The van der Waals surface area contributed by atoms with Gasteiger partial charge in [0.1, 0.15) is 0 Å². The molecular weight excluding hydrogens is 330 g/mol. The lowest BCUT2D eigenvalue weighted by molar-refractivity contribution is -0.118. The number of para-hydroxylation sites is 1. The molecule has 124 valence electrons. The molecule has 0 fully saturated rings. The summed E-state index contributed by atoms with van der Waals surface area (Å²) in [5.74, 6) is -0.486. The molecule has 3 rings (SSSR count). The second-order valence-electron chi connectivity index (χ2n) is 5.37. The Hall–Kier alpha value is -2.71. The number of amides is 2. The van der Waals surface area contributed by atoms with Gasteiger partial charge in [-0.15, -0.1) is 0 Å². The number of carbonyl (C=O) groups is 2. The van der Waals surface area contributed by atoms with Crippen molar-refractivity contribution in [1.29, 1.82) is 0 Å². The van der Waals surface area contributed by atoms with Crippen LogP contribution in [-0.4, -0.2) is 26.9 Å². The summed E-state index contributed by atoms with van der Waals surface area (Å²) in [4.78, 5) is 25.8. The molecule has 0 bridgehead atoms. The number of benzene rings is 2. The number of nitrogens with two attached hydrogens (primary N) is 1. The summed E-state index contributed by atoms with van der Waals surface area (Å²) in [7, 11) is -3.82. The molecule has 0 aliphatic carbocycles. The van der Waals surface area contributed by atoms with Crippen LogP contribution in [0, 0.1) is 0 Å². The van der Waals surface area contributed by atoms with Crippen LogP contribution in [0.15, 0.2) is 53.4 Å². The number of sulfonamides is 1. The Balaban J connectivity index is 1.87. The zero-order valence-corrected chi connectivity index (χ0v) is 13.4. The van der Waals surface area contributed by atoms with E-state index in [1.165, 1.54) is 23.1 Å². The average Bonchev–Trinajstić information content (AvgIpc) is 2.55. The Kier molecular flexibility index (Phi) is 4.08. The van der Waals surface area contributed by atoms with Crippen LogP contribution in [0.5, 0.6) is 0 Å². The molecule has 0 saturated heterocycles. The molecule has 2 aromatic rings. The summed E-state index contributed by atoms with van der Waals surface area (Å²) in [5, 5.41) is 7.75. The van der Waals surface area contributed by atoms with Gasteiger partial charge in [-0.05, 0) is 29.8 Å². The van der Waals surface area contributed by atoms with Gasteiger partial charge in [-0.2, -0.15) is 0 Å². The first-order chi connectivity index (χ1) is 11.4. The highest BCUT2D eigenvalue weighted by atomic mass is 32.2. The molecule has 0 radical (unpaired) electrons. The van der Waals surface area contributed by atoms with Crippen molar-refractivity contribution >= 4 is 27.5 Å². The van der Waals surface area contributed by atoms with Gasteiger partial charge < -0.3 is 5.32 Å². The van der Waals surface area contributed by atoms with Crippen LogP contribution in [0.2, 0.25) is 0 Å². The van der Waals surface area contributed by atoms with Crippen LogP contribution in [0.25, 0.3) is 0 Å². The molecule has 0 spiro atoms. The molecule has 24 heavy (non-hydrogen) atoms. The zero-order chi connectivity index (χ0) is 17.3. The van der Waals surface area contributed by atoms with E-state index in [0.29, 0.717) is 16.8 Å². The SMILES string of the molecule is NS(=O)(=O)c1cccc(CC(=O)N2CNC(=O)c3ccccc32)c1. The lowest BCUT2D eigenvalue weighted by Crippen LogP contribution is -2.47. The lowest BCUT2D eigenvalue weighted by atomic mass is 10.1. The number of primary sulfonamides is 1. The molecule has 1 aliphatic rings. The van der Waals surface area contributed by atoms with Crippen molar-refractivity contribution in [2.24, 2.45) is 5.14 Å². The van der Waals surface area contributed by atoms with Gasteiger partial charge in [0, 0.05) is 0 Å². The Morgan fingerprint density at radius 1 is 1.17 bits per heavy atom. The van der Waals surface area contributed by atoms with E-state index in [-0.39, 0.29) is 29.8 Å². The highest BCUT2D eigenvalue weighted by Crippen LogP contribution is 2.24. The van der Waals surface area contributed by atoms with E-state index in [4.69, 9.17) is 5.14 Å². The van der Waals surface area contributed by atoms with E-state index in [1.54, 1.807) is 30.3 Å². The van der Waals surface area contributed by atoms with E-state index in [0.717, 1.165) is 0 Å². The van der Waals surface area contributed by atoms with Crippen LogP contribution >= 0.6 is 0 Å². The maximum atomic E-state index is 12.6. The fraction of sp³-hybridized carbons (Fsp3) is 0.125. The Morgan fingerprint density at radius 2 is 1.92 bits per heavy atom. The number of carbonyl (C=O) groups excluding carboxylic acids is 2. The third-order valence-corrected chi connectivity index (χ3v) is 4.63. The van der Waals surface area contributed by atoms with Crippen LogP contribution in [0.1, 0.15) is 15.9 Å². The van der Waals surface area contributed by atoms with E-state index in [9.17, 15) is 18.0 Å². The van der Waals surface area contributed by atoms with Crippen molar-refractivity contribution in [3.8, 4) is 0 Å². The van der Waals surface area contributed by atoms with Crippen LogP contribution in [0.3, 0.4) is 0 Å². The molecule has 2 amide bonds. The molecule has 0 aromatic heterocycles. The lowest BCUT2D eigenvalue weighted by Gasteiger charge is -2.29. The van der Waals surface area contributed by atoms with Crippen molar-refractivity contribution < 1.29 is 18.0 Å². The van der Waals surface area contributed by atoms with E-state index in [2.05, 4.69) is 5.32 Å². The van der Waals surface area contributed by atoms with E-state index >= 15 is 0 Å². The summed E-state index contributed by atoms with van der Waals surface area (Å²) in [6, 6.07) is 12.8. The van der Waals surface area contributed by atoms with Crippen molar-refractivity contribution in [3.63, 3.8) is 0 Å². The molecule has 2 aromatic carbocycles. The third-order valence-electron chi connectivity index (χ3n) is 3.72. The zero-order valence-electron chi connectivity index (χ0n) is 12.6. The predicted octanol–water partition coefficient (Wildman–Crippen LogP) is 0.611. The number of fused-ring (bicyclic) bond motifs is 1. The predicted molar refractivity (Wildman–Crippen MR) is 87.8 cm³/mol. The minimum Gasteiger partial charge on any atom is -0.334 e. The molecule has 1 aliphatic heterocycles. The van der Waals surface area contributed by atoms with Crippen LogP contribution in [-0.2, 0) is 21.2 Å². The van der Waals surface area contributed by atoms with Gasteiger partial charge in [0.2, 0.25) is 15.9 Å². The standard InChI is InChI=1S/C16H15N3O4S/c17-24(22,23)12-5-3-4-11(8-12)9-15(20)19-10-18-16(21)13-6-1-2-7-14(13)19/h1-8H,9-10H2,(H,18,21)(H2,17,22,23). The minimum atomic E-state index is -3.82. The monoisotopic (exact) mass is 345 g/mol. The second-order valence-corrected chi connectivity index (χ2v) is 6.93. The minimum absolute atomic E-state index is 0.00638. The fourth-order valence-corrected chi connectivity index (χ4v) is 3.14. The molecule has 0 atom stereocenters. The Morgan fingerprint density at radius 3 is 2.67 bits per heavy atom. The molecular formula is C16H15N3O4S. The highest BCUT2D eigenvalue weighted by molar-refractivity contribution is 7.89. The number of hydrogen-bond acceptors (Lipinski definition) is 4. The maximum absolute atomic E-state index is 12.6. The van der Waals surface area contributed by atoms with Crippen molar-refractivity contribution in [2.75, 3.05) is 11.6 Å². The van der Waals surface area contributed by atoms with Crippen molar-refractivity contribution in [3.05, 3.63) is 59.7 Å². The van der Waals surface area contributed by atoms with Gasteiger partial charge in [0.05, 0.1) is 29.2 Å². The van der Waals surface area contributed by atoms with Crippen LogP contribution < -0.4 is 15.4 Å². The summed E-state index contributed by atoms with van der Waals surface area (Å²) in [6.07, 6.45) is -0.00638. The Labute approximate surface area is 139 Å². The molecule has 0 unspecified atom stereocenters. The number of nitrogens with one attached hydrogen (secondary N) is 1. The van der Waals surface area contributed by atoms with E-state index in [1.807, 2.05) is 0 Å². The topological polar surface area (TPSA) is 110 Å². The van der Waals surface area contributed by atoms with Crippen molar-refractivity contribution in [1.82, 2.24) is 5.32 Å². The van der Waals surface area contributed by atoms with Gasteiger partial charge in [-0.3, -0.25) is 14.5 Å². The summed E-state index contributed by atoms with van der Waals surface area (Å²) >= 11 is 0. The Bertz CT molecular complexity index is 924.